The molecule has 0 amide bonds. The summed E-state index contributed by atoms with van der Waals surface area (Å²) in [6.45, 7) is 1.96. The summed E-state index contributed by atoms with van der Waals surface area (Å²) in [5.41, 5.74) is 0.234. The molecule has 0 N–H and O–H groups in total. The molecule has 1 saturated heterocycles. The Labute approximate surface area is 93.6 Å². The molecule has 0 atom stereocenters. The van der Waals surface area contributed by atoms with Crippen LogP contribution < -0.4 is 0 Å². The highest BCUT2D eigenvalue weighted by molar-refractivity contribution is 9.09. The van der Waals surface area contributed by atoms with Gasteiger partial charge in [-0.05, 0) is 18.3 Å². The first kappa shape index (κ1) is 10.9. The molecule has 6 heteroatoms. The maximum atomic E-state index is 11.8. The van der Waals surface area contributed by atoms with Crippen molar-refractivity contribution < 1.29 is 8.42 Å². The fraction of sp³-hybridized carbons (Fsp3) is 1.00. The van der Waals surface area contributed by atoms with Gasteiger partial charge in [-0.25, -0.2) is 0 Å². The zero-order valence-electron chi connectivity index (χ0n) is 8.24. The van der Waals surface area contributed by atoms with Crippen molar-refractivity contribution in [2.75, 3.05) is 32.0 Å². The lowest BCUT2D eigenvalue weighted by molar-refractivity contribution is 0.373. The zero-order valence-corrected chi connectivity index (χ0v) is 10.6. The fourth-order valence-electron chi connectivity index (χ4n) is 1.73. The summed E-state index contributed by atoms with van der Waals surface area (Å²) in [5.74, 6) is 0. The van der Waals surface area contributed by atoms with Crippen LogP contribution in [0.3, 0.4) is 0 Å². The Morgan fingerprint density at radius 2 is 2.00 bits per heavy atom. The van der Waals surface area contributed by atoms with Crippen molar-refractivity contribution in [3.8, 4) is 0 Å². The Bertz CT molecular complexity index is 326. The molecule has 0 spiro atoms. The molecule has 2 aliphatic rings. The summed E-state index contributed by atoms with van der Waals surface area (Å²) >= 11 is 3.46. The highest BCUT2D eigenvalue weighted by atomic mass is 79.9. The van der Waals surface area contributed by atoms with Gasteiger partial charge in [0.25, 0.3) is 10.2 Å². The van der Waals surface area contributed by atoms with Gasteiger partial charge in [0.1, 0.15) is 0 Å². The fourth-order valence-corrected chi connectivity index (χ4v) is 3.92. The maximum Gasteiger partial charge on any atom is 0.281 e. The molecule has 14 heavy (non-hydrogen) atoms. The van der Waals surface area contributed by atoms with Crippen LogP contribution in [0.5, 0.6) is 0 Å². The van der Waals surface area contributed by atoms with Crippen molar-refractivity contribution in [3.63, 3.8) is 0 Å². The topological polar surface area (TPSA) is 40.6 Å². The van der Waals surface area contributed by atoms with Gasteiger partial charge in [0, 0.05) is 32.0 Å². The minimum atomic E-state index is -3.12. The van der Waals surface area contributed by atoms with E-state index in [4.69, 9.17) is 0 Å². The molecule has 0 aromatic carbocycles. The molecular weight excluding hydrogens is 268 g/mol. The Morgan fingerprint density at radius 3 is 2.36 bits per heavy atom. The monoisotopic (exact) mass is 282 g/mol. The number of hydrogen-bond acceptors (Lipinski definition) is 2. The van der Waals surface area contributed by atoms with Crippen molar-refractivity contribution in [1.82, 2.24) is 8.61 Å². The molecule has 1 aliphatic carbocycles. The number of rotatable bonds is 3. The molecule has 0 aromatic rings. The SMILES string of the molecule is CN1CCN(CC2(CBr)CC2)S1(=O)=O. The summed E-state index contributed by atoms with van der Waals surface area (Å²) in [7, 11) is -1.48. The van der Waals surface area contributed by atoms with Crippen molar-refractivity contribution in [3.05, 3.63) is 0 Å². The Kier molecular flexibility index (Phi) is 2.66. The number of nitrogens with zero attached hydrogens (tertiary/aromatic N) is 2. The molecule has 1 saturated carbocycles. The van der Waals surface area contributed by atoms with Gasteiger partial charge in [0.05, 0.1) is 0 Å². The number of alkyl halides is 1. The quantitative estimate of drug-likeness (QED) is 0.714. The maximum absolute atomic E-state index is 11.8. The molecule has 82 valence electrons. The third kappa shape index (κ3) is 1.73. The highest BCUT2D eigenvalue weighted by Gasteiger charge is 2.47. The molecule has 2 rings (SSSR count). The predicted octanol–water partition coefficient (Wildman–Crippen LogP) is 0.654. The van der Waals surface area contributed by atoms with E-state index in [1.165, 1.54) is 4.31 Å². The van der Waals surface area contributed by atoms with E-state index in [1.807, 2.05) is 0 Å². The average molecular weight is 283 g/mol. The largest absolute Gasteiger partial charge is 0.281 e. The molecule has 2 fully saturated rings. The smallest absolute Gasteiger partial charge is 0.195 e. The normalized spacial score (nSPS) is 30.7. The minimum absolute atomic E-state index is 0.234. The second-order valence-corrected chi connectivity index (χ2v) is 6.89. The van der Waals surface area contributed by atoms with Crippen LogP contribution in [-0.2, 0) is 10.2 Å². The number of hydrogen-bond donors (Lipinski definition) is 0. The van der Waals surface area contributed by atoms with E-state index in [9.17, 15) is 8.42 Å². The number of halogens is 1. The van der Waals surface area contributed by atoms with Crippen LogP contribution >= 0.6 is 15.9 Å². The van der Waals surface area contributed by atoms with Gasteiger partial charge in [-0.15, -0.1) is 0 Å². The van der Waals surface area contributed by atoms with Crippen LogP contribution in [0.15, 0.2) is 0 Å². The summed E-state index contributed by atoms with van der Waals surface area (Å²) in [4.78, 5) is 0. The third-order valence-corrected chi connectivity index (χ3v) is 6.26. The highest BCUT2D eigenvalue weighted by Crippen LogP contribution is 2.48. The third-order valence-electron chi connectivity index (χ3n) is 3.14. The Morgan fingerprint density at radius 1 is 1.36 bits per heavy atom. The van der Waals surface area contributed by atoms with Crippen molar-refractivity contribution >= 4 is 26.1 Å². The summed E-state index contributed by atoms with van der Waals surface area (Å²) in [5, 5.41) is 0.912. The van der Waals surface area contributed by atoms with E-state index >= 15 is 0 Å². The molecule has 0 unspecified atom stereocenters. The Hall–Kier alpha value is 0.350. The lowest BCUT2D eigenvalue weighted by Gasteiger charge is -2.20. The average Bonchev–Trinajstić information content (AvgIpc) is 2.87. The van der Waals surface area contributed by atoms with Crippen LogP contribution in [0, 0.1) is 5.41 Å². The molecule has 0 radical (unpaired) electrons. The first-order valence-corrected chi connectivity index (χ1v) is 7.29. The van der Waals surface area contributed by atoms with Gasteiger partial charge in [-0.1, -0.05) is 15.9 Å². The van der Waals surface area contributed by atoms with Gasteiger partial charge in [-0.3, -0.25) is 0 Å². The molecule has 0 aromatic heterocycles. The van der Waals surface area contributed by atoms with Crippen LogP contribution in [0.4, 0.5) is 0 Å². The minimum Gasteiger partial charge on any atom is -0.195 e. The van der Waals surface area contributed by atoms with Crippen LogP contribution in [0.2, 0.25) is 0 Å². The lowest BCUT2D eigenvalue weighted by Crippen LogP contribution is -2.35. The van der Waals surface area contributed by atoms with Crippen molar-refractivity contribution in [2.24, 2.45) is 5.41 Å². The second kappa shape index (κ2) is 3.43. The van der Waals surface area contributed by atoms with Gasteiger partial charge < -0.3 is 0 Å². The van der Waals surface area contributed by atoms with E-state index in [2.05, 4.69) is 15.9 Å². The van der Waals surface area contributed by atoms with E-state index < -0.39 is 10.2 Å². The van der Waals surface area contributed by atoms with E-state index in [0.29, 0.717) is 19.6 Å². The summed E-state index contributed by atoms with van der Waals surface area (Å²) in [6.07, 6.45) is 2.29. The van der Waals surface area contributed by atoms with E-state index in [0.717, 1.165) is 18.2 Å². The first-order chi connectivity index (χ1) is 6.50. The van der Waals surface area contributed by atoms with Gasteiger partial charge in [-0.2, -0.15) is 17.0 Å². The summed E-state index contributed by atoms with van der Waals surface area (Å²) < 4.78 is 26.5. The lowest BCUT2D eigenvalue weighted by atomic mass is 10.1. The molecule has 4 nitrogen and oxygen atoms in total. The van der Waals surface area contributed by atoms with Crippen molar-refractivity contribution in [2.45, 2.75) is 12.8 Å². The van der Waals surface area contributed by atoms with Crippen molar-refractivity contribution in [1.29, 1.82) is 0 Å². The van der Waals surface area contributed by atoms with Crippen LogP contribution in [-0.4, -0.2) is 49.0 Å². The predicted molar refractivity (Wildman–Crippen MR) is 58.6 cm³/mol. The zero-order chi connectivity index (χ0) is 10.4. The van der Waals surface area contributed by atoms with Gasteiger partial charge >= 0.3 is 0 Å². The molecular formula is C8H15BrN2O2S. The molecule has 0 bridgehead atoms. The van der Waals surface area contributed by atoms with Gasteiger partial charge in [0.15, 0.2) is 0 Å². The van der Waals surface area contributed by atoms with E-state index in [1.54, 1.807) is 11.4 Å². The van der Waals surface area contributed by atoms with Crippen LogP contribution in [0.25, 0.3) is 0 Å². The first-order valence-electron chi connectivity index (χ1n) is 4.78. The summed E-state index contributed by atoms with van der Waals surface area (Å²) in [6, 6.07) is 0. The molecule has 1 heterocycles. The van der Waals surface area contributed by atoms with Gasteiger partial charge in [0.2, 0.25) is 0 Å². The molecule has 1 aliphatic heterocycles. The van der Waals surface area contributed by atoms with Crippen LogP contribution in [0.1, 0.15) is 12.8 Å². The second-order valence-electron chi connectivity index (χ2n) is 4.30. The van der Waals surface area contributed by atoms with E-state index in [-0.39, 0.29) is 5.41 Å². The Balaban J connectivity index is 2.07. The number of likely N-dealkylation sites (N-methyl/N-ethyl adjacent to an activating group) is 1. The standard InChI is InChI=1S/C8H15BrN2O2S/c1-10-4-5-11(14(10,12)13)7-8(6-9)2-3-8/h2-7H2,1H3.